The molecule has 1 N–H and O–H groups in total. The summed E-state index contributed by atoms with van der Waals surface area (Å²) in [5.74, 6) is 0.759. The van der Waals surface area contributed by atoms with E-state index in [0.717, 1.165) is 16.9 Å². The Morgan fingerprint density at radius 3 is 2.27 bits per heavy atom. The van der Waals surface area contributed by atoms with Gasteiger partial charge >= 0.3 is 6.09 Å². The molecule has 1 amide bonds. The number of carbonyl (C=O) groups is 2. The van der Waals surface area contributed by atoms with Crippen LogP contribution in [0.2, 0.25) is 0 Å². The average molecular weight is 411 g/mol. The maximum absolute atomic E-state index is 12.2. The lowest BCUT2D eigenvalue weighted by Crippen LogP contribution is -2.49. The summed E-state index contributed by atoms with van der Waals surface area (Å²) in [6, 6.07) is 17.5. The minimum Gasteiger partial charge on any atom is -0.489 e. The summed E-state index contributed by atoms with van der Waals surface area (Å²) in [5.41, 5.74) is 0.452. The normalized spacial score (nSPS) is 13.3. The van der Waals surface area contributed by atoms with Crippen LogP contribution in [-0.4, -0.2) is 30.3 Å². The van der Waals surface area contributed by atoms with Crippen LogP contribution >= 0.6 is 0 Å². The second-order valence-corrected chi connectivity index (χ2v) is 8.13. The van der Waals surface area contributed by atoms with Gasteiger partial charge in [0.1, 0.15) is 24.6 Å². The molecule has 2 aromatic carbocycles. The lowest BCUT2D eigenvalue weighted by Gasteiger charge is -2.28. The lowest BCUT2D eigenvalue weighted by atomic mass is 10.0. The predicted octanol–water partition coefficient (Wildman–Crippen LogP) is 4.74. The summed E-state index contributed by atoms with van der Waals surface area (Å²) in [7, 11) is 0. The summed E-state index contributed by atoms with van der Waals surface area (Å²) in [6.45, 7) is 7.91. The summed E-state index contributed by atoms with van der Waals surface area (Å²) < 4.78 is 16.0. The first kappa shape index (κ1) is 23.0. The van der Waals surface area contributed by atoms with E-state index in [2.05, 4.69) is 5.32 Å². The van der Waals surface area contributed by atoms with Gasteiger partial charge in [0.25, 0.3) is 6.47 Å². The maximum Gasteiger partial charge on any atom is 0.408 e. The Hall–Kier alpha value is -3.28. The summed E-state index contributed by atoms with van der Waals surface area (Å²) in [5, 5.41) is 2.75. The maximum atomic E-state index is 12.2. The van der Waals surface area contributed by atoms with E-state index < -0.39 is 17.2 Å². The van der Waals surface area contributed by atoms with Crippen LogP contribution in [-0.2, 0) is 20.9 Å². The molecular weight excluding hydrogens is 382 g/mol. The van der Waals surface area contributed by atoms with E-state index in [4.69, 9.17) is 14.2 Å². The zero-order chi connectivity index (χ0) is 22.0. The molecule has 0 heterocycles. The van der Waals surface area contributed by atoms with Crippen molar-refractivity contribution in [3.05, 3.63) is 71.8 Å². The van der Waals surface area contributed by atoms with Gasteiger partial charge < -0.3 is 19.5 Å². The second kappa shape index (κ2) is 10.5. The van der Waals surface area contributed by atoms with Crippen LogP contribution < -0.4 is 10.1 Å². The molecular formula is C24H29NO5. The molecule has 0 aliphatic rings. The number of hydrogen-bond acceptors (Lipinski definition) is 5. The summed E-state index contributed by atoms with van der Waals surface area (Å²) >= 11 is 0. The van der Waals surface area contributed by atoms with E-state index in [1.54, 1.807) is 33.8 Å². The third kappa shape index (κ3) is 8.39. The molecule has 2 rings (SSSR count). The fourth-order valence-electron chi connectivity index (χ4n) is 2.57. The molecule has 6 nitrogen and oxygen atoms in total. The highest BCUT2D eigenvalue weighted by Gasteiger charge is 2.27. The van der Waals surface area contributed by atoms with Crippen molar-refractivity contribution in [2.45, 2.75) is 45.4 Å². The molecule has 0 spiro atoms. The highest BCUT2D eigenvalue weighted by molar-refractivity contribution is 5.70. The molecule has 0 aliphatic carbocycles. The highest BCUT2D eigenvalue weighted by atomic mass is 16.6. The zero-order valence-corrected chi connectivity index (χ0v) is 17.9. The largest absolute Gasteiger partial charge is 0.489 e. The number of hydrogen-bond donors (Lipinski definition) is 1. The van der Waals surface area contributed by atoms with Gasteiger partial charge in [-0.25, -0.2) is 4.79 Å². The quantitative estimate of drug-likeness (QED) is 0.604. The van der Waals surface area contributed by atoms with Crippen molar-refractivity contribution in [3.63, 3.8) is 0 Å². The van der Waals surface area contributed by atoms with Crippen LogP contribution in [0, 0.1) is 0 Å². The van der Waals surface area contributed by atoms with Crippen LogP contribution in [0.15, 0.2) is 60.7 Å². The lowest BCUT2D eigenvalue weighted by molar-refractivity contribution is -0.130. The minimum atomic E-state index is -0.925. The minimum absolute atomic E-state index is 0.0233. The number of amides is 1. The molecule has 1 atom stereocenters. The van der Waals surface area contributed by atoms with Crippen molar-refractivity contribution < 1.29 is 23.8 Å². The Kier molecular flexibility index (Phi) is 8.04. The first-order valence-electron chi connectivity index (χ1n) is 9.72. The van der Waals surface area contributed by atoms with Gasteiger partial charge in [-0.1, -0.05) is 54.6 Å². The molecule has 0 unspecified atom stereocenters. The third-order valence-electron chi connectivity index (χ3n) is 4.01. The topological polar surface area (TPSA) is 73.9 Å². The number of alkyl carbamates (subject to hydrolysis) is 1. The monoisotopic (exact) mass is 411 g/mol. The highest BCUT2D eigenvalue weighted by Crippen LogP contribution is 2.17. The second-order valence-electron chi connectivity index (χ2n) is 8.13. The Morgan fingerprint density at radius 1 is 1.00 bits per heavy atom. The fraction of sp³-hybridized carbons (Fsp3) is 0.333. The number of rotatable bonds is 9. The zero-order valence-electron chi connectivity index (χ0n) is 17.9. The molecule has 0 radical (unpaired) electrons. The number of carbonyl (C=O) groups excluding carboxylic acids is 2. The van der Waals surface area contributed by atoms with Gasteiger partial charge in [-0.15, -0.1) is 0 Å². The molecule has 30 heavy (non-hydrogen) atoms. The molecule has 0 fully saturated rings. The van der Waals surface area contributed by atoms with Crippen molar-refractivity contribution >= 4 is 18.6 Å². The number of benzene rings is 2. The fourth-order valence-corrected chi connectivity index (χ4v) is 2.57. The van der Waals surface area contributed by atoms with Crippen LogP contribution in [0.4, 0.5) is 4.79 Å². The first-order chi connectivity index (χ1) is 14.2. The van der Waals surface area contributed by atoms with Crippen LogP contribution in [0.3, 0.4) is 0 Å². The van der Waals surface area contributed by atoms with Gasteiger partial charge in [0.15, 0.2) is 0 Å². The first-order valence-corrected chi connectivity index (χ1v) is 9.72. The molecule has 0 aromatic heterocycles. The molecule has 0 saturated heterocycles. The smallest absolute Gasteiger partial charge is 0.408 e. The molecule has 0 aliphatic heterocycles. The molecule has 6 heteroatoms. The van der Waals surface area contributed by atoms with E-state index >= 15 is 0 Å². The van der Waals surface area contributed by atoms with Gasteiger partial charge in [0.05, 0.1) is 5.54 Å². The van der Waals surface area contributed by atoms with Crippen LogP contribution in [0.1, 0.15) is 38.8 Å². The van der Waals surface area contributed by atoms with Crippen molar-refractivity contribution in [1.29, 1.82) is 0 Å². The van der Waals surface area contributed by atoms with E-state index in [1.807, 2.05) is 60.7 Å². The standard InChI is InChI=1S/C24H29NO5/c1-23(2,3)30-22(27)25-24(4,17-28-18-26)15-14-19-10-12-21(13-11-19)29-16-20-8-6-5-7-9-20/h5-15,18H,16-17H2,1-4H3,(H,25,27)/b15-14+/t24-/m1/s1. The van der Waals surface area contributed by atoms with Gasteiger partial charge in [0.2, 0.25) is 0 Å². The Labute approximate surface area is 177 Å². The Morgan fingerprint density at radius 2 is 1.67 bits per heavy atom. The van der Waals surface area contributed by atoms with Crippen LogP contribution in [0.25, 0.3) is 6.08 Å². The van der Waals surface area contributed by atoms with E-state index in [9.17, 15) is 9.59 Å². The Balaban J connectivity index is 2.01. The van der Waals surface area contributed by atoms with Gasteiger partial charge in [-0.3, -0.25) is 4.79 Å². The van der Waals surface area contributed by atoms with E-state index in [-0.39, 0.29) is 6.61 Å². The number of nitrogens with one attached hydrogen (secondary N) is 1. The van der Waals surface area contributed by atoms with E-state index in [1.165, 1.54) is 0 Å². The third-order valence-corrected chi connectivity index (χ3v) is 4.01. The van der Waals surface area contributed by atoms with Gasteiger partial charge in [0, 0.05) is 0 Å². The van der Waals surface area contributed by atoms with Crippen LogP contribution in [0.5, 0.6) is 5.75 Å². The Bertz CT molecular complexity index is 840. The molecule has 160 valence electrons. The van der Waals surface area contributed by atoms with E-state index in [0.29, 0.717) is 13.1 Å². The van der Waals surface area contributed by atoms with Crippen molar-refractivity contribution in [2.75, 3.05) is 6.61 Å². The predicted molar refractivity (Wildman–Crippen MR) is 116 cm³/mol. The van der Waals surface area contributed by atoms with Gasteiger partial charge in [-0.2, -0.15) is 0 Å². The van der Waals surface area contributed by atoms with Gasteiger partial charge in [-0.05, 0) is 51.0 Å². The molecule has 2 aromatic rings. The molecule has 0 bridgehead atoms. The average Bonchev–Trinajstić information content (AvgIpc) is 2.69. The SMILES string of the molecule is CC(C)(C)OC(=O)N[C@](C)(/C=C/c1ccc(OCc2ccccc2)cc1)COC=O. The summed E-state index contributed by atoms with van der Waals surface area (Å²) in [6.07, 6.45) is 3.01. The number of ether oxygens (including phenoxy) is 3. The van der Waals surface area contributed by atoms with Crippen molar-refractivity contribution in [2.24, 2.45) is 0 Å². The summed E-state index contributed by atoms with van der Waals surface area (Å²) in [4.78, 5) is 22.8. The van der Waals surface area contributed by atoms with Crippen molar-refractivity contribution in [1.82, 2.24) is 5.32 Å². The molecule has 0 saturated carbocycles. The van der Waals surface area contributed by atoms with Crippen molar-refractivity contribution in [3.8, 4) is 5.75 Å².